The molecule has 7 heteroatoms. The number of nitrogens with zero attached hydrogens (tertiary/aromatic N) is 2. The van der Waals surface area contributed by atoms with E-state index in [1.165, 1.54) is 18.2 Å². The monoisotopic (exact) mass is 380 g/mol. The second kappa shape index (κ2) is 8.43. The Balaban J connectivity index is 2.26. The predicted octanol–water partition coefficient (Wildman–Crippen LogP) is 5.30. The van der Waals surface area contributed by atoms with Crippen LogP contribution in [0.3, 0.4) is 0 Å². The summed E-state index contributed by atoms with van der Waals surface area (Å²) in [7, 11) is 1.92. The van der Waals surface area contributed by atoms with Crippen molar-refractivity contribution in [2.45, 2.75) is 33.1 Å². The zero-order valence-electron chi connectivity index (χ0n) is 15.7. The number of aryl methyl sites for hydroxylation is 2. The number of hydrogen-bond acceptors (Lipinski definition) is 3. The summed E-state index contributed by atoms with van der Waals surface area (Å²) < 4.78 is 43.9. The van der Waals surface area contributed by atoms with Gasteiger partial charge in [-0.15, -0.1) is 0 Å². The minimum Gasteiger partial charge on any atom is -0.457 e. The molecule has 27 heavy (non-hydrogen) atoms. The van der Waals surface area contributed by atoms with Crippen molar-refractivity contribution in [2.75, 3.05) is 13.6 Å². The molecule has 0 saturated carbocycles. The predicted molar refractivity (Wildman–Crippen MR) is 99.9 cm³/mol. The summed E-state index contributed by atoms with van der Waals surface area (Å²) in [6.07, 6.45) is -5.53. The molecule has 1 unspecified atom stereocenters. The molecule has 0 aliphatic heterocycles. The highest BCUT2D eigenvalue weighted by molar-refractivity contribution is 5.64. The van der Waals surface area contributed by atoms with Gasteiger partial charge >= 0.3 is 6.18 Å². The second-order valence-corrected chi connectivity index (χ2v) is 6.34. The van der Waals surface area contributed by atoms with Gasteiger partial charge in [0.05, 0.1) is 12.0 Å². The zero-order chi connectivity index (χ0) is 20.2. The van der Waals surface area contributed by atoms with Crippen LogP contribution in [0.25, 0.3) is 0 Å². The zero-order valence-corrected chi connectivity index (χ0v) is 15.7. The van der Waals surface area contributed by atoms with Crippen molar-refractivity contribution >= 4 is 12.0 Å². The van der Waals surface area contributed by atoms with E-state index in [1.807, 2.05) is 38.8 Å². The molecule has 0 aliphatic carbocycles. The van der Waals surface area contributed by atoms with Crippen molar-refractivity contribution in [1.29, 1.82) is 0 Å². The van der Waals surface area contributed by atoms with Gasteiger partial charge in [-0.3, -0.25) is 0 Å². The fourth-order valence-electron chi connectivity index (χ4n) is 2.33. The summed E-state index contributed by atoms with van der Waals surface area (Å²) >= 11 is 0. The molecular formula is C20H23F3N2O2. The Labute approximate surface area is 156 Å². The van der Waals surface area contributed by atoms with E-state index in [2.05, 4.69) is 4.99 Å². The molecule has 0 amide bonds. The maximum Gasteiger partial charge on any atom is 0.418 e. The normalized spacial score (nSPS) is 13.0. The second-order valence-electron chi connectivity index (χ2n) is 6.34. The third-order valence-electron chi connectivity index (χ3n) is 4.10. The minimum absolute atomic E-state index is 0.222. The molecule has 4 nitrogen and oxygen atoms in total. The topological polar surface area (TPSA) is 45.1 Å². The number of aliphatic hydroxyl groups is 1. The molecule has 0 heterocycles. The first-order chi connectivity index (χ1) is 12.6. The standard InChI is InChI=1S/C20H23F3N2O2/c1-5-25(4)12-24-17-9-14(3)18(10-13(17)2)27-16-8-6-7-15(11-16)19(26)20(21,22)23/h6-12,19,26H,5H2,1-4H3/b24-12-. The largest absolute Gasteiger partial charge is 0.457 e. The Kier molecular flexibility index (Phi) is 6.49. The smallest absolute Gasteiger partial charge is 0.418 e. The summed E-state index contributed by atoms with van der Waals surface area (Å²) in [5.41, 5.74) is 2.20. The SMILES string of the molecule is CCN(C)/C=N\c1cc(C)c(Oc2cccc(C(O)C(F)(F)F)c2)cc1C. The third kappa shape index (κ3) is 5.47. The van der Waals surface area contributed by atoms with Crippen molar-refractivity contribution in [2.24, 2.45) is 4.99 Å². The average Bonchev–Trinajstić information content (AvgIpc) is 2.61. The Morgan fingerprint density at radius 2 is 1.89 bits per heavy atom. The number of aliphatic hydroxyl groups excluding tert-OH is 1. The third-order valence-corrected chi connectivity index (χ3v) is 4.10. The number of hydrogen-bond donors (Lipinski definition) is 1. The number of alkyl halides is 3. The van der Waals surface area contributed by atoms with Crippen LogP contribution < -0.4 is 4.74 Å². The van der Waals surface area contributed by atoms with Crippen LogP contribution in [-0.2, 0) is 0 Å². The van der Waals surface area contributed by atoms with Crippen LogP contribution in [0.4, 0.5) is 18.9 Å². The highest BCUT2D eigenvalue weighted by atomic mass is 19.4. The molecule has 2 aromatic carbocycles. The van der Waals surface area contributed by atoms with Gasteiger partial charge in [-0.1, -0.05) is 12.1 Å². The van der Waals surface area contributed by atoms with Crippen LogP contribution in [0.2, 0.25) is 0 Å². The van der Waals surface area contributed by atoms with E-state index in [-0.39, 0.29) is 11.3 Å². The van der Waals surface area contributed by atoms with Gasteiger partial charge in [0.25, 0.3) is 0 Å². The van der Waals surface area contributed by atoms with Gasteiger partial charge in [-0.25, -0.2) is 4.99 Å². The van der Waals surface area contributed by atoms with E-state index in [9.17, 15) is 18.3 Å². The summed E-state index contributed by atoms with van der Waals surface area (Å²) in [6, 6.07) is 9.02. The van der Waals surface area contributed by atoms with Crippen LogP contribution in [0, 0.1) is 13.8 Å². The lowest BCUT2D eigenvalue weighted by Gasteiger charge is -2.16. The Morgan fingerprint density at radius 3 is 2.52 bits per heavy atom. The molecule has 2 aromatic rings. The van der Waals surface area contributed by atoms with Crippen molar-refractivity contribution in [3.63, 3.8) is 0 Å². The molecule has 0 saturated heterocycles. The molecule has 0 bridgehead atoms. The molecule has 2 rings (SSSR count). The van der Waals surface area contributed by atoms with Gasteiger partial charge in [0.15, 0.2) is 6.10 Å². The van der Waals surface area contributed by atoms with E-state index < -0.39 is 12.3 Å². The maximum atomic E-state index is 12.7. The number of aliphatic imine (C=N–C) groups is 1. The van der Waals surface area contributed by atoms with Crippen LogP contribution in [0.5, 0.6) is 11.5 Å². The maximum absolute atomic E-state index is 12.7. The Hall–Kier alpha value is -2.54. The molecule has 146 valence electrons. The van der Waals surface area contributed by atoms with E-state index in [0.29, 0.717) is 5.75 Å². The Bertz CT molecular complexity index is 819. The fraction of sp³-hybridized carbons (Fsp3) is 0.350. The van der Waals surface area contributed by atoms with Gasteiger partial charge in [0, 0.05) is 13.6 Å². The van der Waals surface area contributed by atoms with Gasteiger partial charge in [0.1, 0.15) is 11.5 Å². The quantitative estimate of drug-likeness (QED) is 0.546. The lowest BCUT2D eigenvalue weighted by Crippen LogP contribution is -2.20. The summed E-state index contributed by atoms with van der Waals surface area (Å²) in [5, 5.41) is 9.41. The van der Waals surface area contributed by atoms with Crippen molar-refractivity contribution in [1.82, 2.24) is 4.90 Å². The van der Waals surface area contributed by atoms with Crippen LogP contribution >= 0.6 is 0 Å². The van der Waals surface area contributed by atoms with Gasteiger partial charge < -0.3 is 14.7 Å². The fourth-order valence-corrected chi connectivity index (χ4v) is 2.33. The van der Waals surface area contributed by atoms with Crippen LogP contribution in [-0.4, -0.2) is 36.1 Å². The van der Waals surface area contributed by atoms with Gasteiger partial charge in [-0.05, 0) is 61.7 Å². The summed E-state index contributed by atoms with van der Waals surface area (Å²) in [4.78, 5) is 6.38. The molecule has 0 spiro atoms. The molecular weight excluding hydrogens is 357 g/mol. The highest BCUT2D eigenvalue weighted by Crippen LogP contribution is 2.36. The molecule has 0 fully saturated rings. The number of benzene rings is 2. The molecule has 0 aromatic heterocycles. The van der Waals surface area contributed by atoms with E-state index in [1.54, 1.807) is 18.5 Å². The average molecular weight is 380 g/mol. The van der Waals surface area contributed by atoms with Gasteiger partial charge in [-0.2, -0.15) is 13.2 Å². The van der Waals surface area contributed by atoms with Gasteiger partial charge in [0.2, 0.25) is 0 Å². The molecule has 0 aliphatic rings. The van der Waals surface area contributed by atoms with Crippen LogP contribution in [0.1, 0.15) is 29.7 Å². The van der Waals surface area contributed by atoms with Crippen LogP contribution in [0.15, 0.2) is 41.4 Å². The summed E-state index contributed by atoms with van der Waals surface area (Å²) in [6.45, 7) is 6.58. The van der Waals surface area contributed by atoms with E-state index in [4.69, 9.17) is 4.74 Å². The first kappa shape index (κ1) is 20.8. The van der Waals surface area contributed by atoms with E-state index in [0.717, 1.165) is 23.4 Å². The highest BCUT2D eigenvalue weighted by Gasteiger charge is 2.39. The van der Waals surface area contributed by atoms with Crippen molar-refractivity contribution < 1.29 is 23.0 Å². The Morgan fingerprint density at radius 1 is 1.19 bits per heavy atom. The number of ether oxygens (including phenoxy) is 1. The molecule has 1 atom stereocenters. The molecule has 1 N–H and O–H groups in total. The lowest BCUT2D eigenvalue weighted by atomic mass is 10.1. The lowest BCUT2D eigenvalue weighted by molar-refractivity contribution is -0.206. The molecule has 0 radical (unpaired) electrons. The number of halogens is 3. The first-order valence-electron chi connectivity index (χ1n) is 8.50. The van der Waals surface area contributed by atoms with E-state index >= 15 is 0 Å². The summed E-state index contributed by atoms with van der Waals surface area (Å²) in [5.74, 6) is 0.745. The van der Waals surface area contributed by atoms with Crippen molar-refractivity contribution in [3.8, 4) is 11.5 Å². The number of rotatable bonds is 6. The minimum atomic E-state index is -4.73. The first-order valence-corrected chi connectivity index (χ1v) is 8.50. The van der Waals surface area contributed by atoms with Crippen molar-refractivity contribution in [3.05, 3.63) is 53.1 Å².